The fourth-order valence-corrected chi connectivity index (χ4v) is 3.11. The summed E-state index contributed by atoms with van der Waals surface area (Å²) in [4.78, 5) is 10.2. The summed E-state index contributed by atoms with van der Waals surface area (Å²) in [7, 11) is -3.41. The highest BCUT2D eigenvalue weighted by Crippen LogP contribution is 2.24. The number of nitro groups is 1. The van der Waals surface area contributed by atoms with Crippen molar-refractivity contribution in [3.63, 3.8) is 0 Å². The van der Waals surface area contributed by atoms with Gasteiger partial charge in [-0.15, -0.1) is 0 Å². The van der Waals surface area contributed by atoms with Crippen LogP contribution in [0.5, 0.6) is 0 Å². The van der Waals surface area contributed by atoms with Crippen molar-refractivity contribution in [2.24, 2.45) is 5.73 Å². The zero-order valence-electron chi connectivity index (χ0n) is 9.50. The molecule has 0 amide bonds. The van der Waals surface area contributed by atoms with Crippen LogP contribution in [-0.4, -0.2) is 25.6 Å². The van der Waals surface area contributed by atoms with Crippen LogP contribution in [0, 0.1) is 10.1 Å². The molecule has 0 unspecified atom stereocenters. The van der Waals surface area contributed by atoms with Crippen LogP contribution in [0.4, 0.5) is 5.69 Å². The smallest absolute Gasteiger partial charge is 0.273 e. The highest BCUT2D eigenvalue weighted by atomic mass is 35.5. The standard InChI is InChI=1S/C10H13ClN2O4S/c11-9-2-3-10(13(14)15)8(6-9)7-18(16,17)5-1-4-12/h2-3,6H,1,4-5,7,12H2. The summed E-state index contributed by atoms with van der Waals surface area (Å²) in [6.07, 6.45) is 0.330. The van der Waals surface area contributed by atoms with Crippen LogP contribution in [0.1, 0.15) is 12.0 Å². The fourth-order valence-electron chi connectivity index (χ4n) is 1.46. The first-order chi connectivity index (χ1) is 8.35. The molecule has 0 aliphatic heterocycles. The molecule has 0 atom stereocenters. The Hall–Kier alpha value is -1.18. The predicted molar refractivity (Wildman–Crippen MR) is 69.3 cm³/mol. The number of nitrogens with zero attached hydrogens (tertiary/aromatic N) is 1. The van der Waals surface area contributed by atoms with Crippen molar-refractivity contribution < 1.29 is 13.3 Å². The minimum absolute atomic E-state index is 0.0901. The van der Waals surface area contributed by atoms with Crippen molar-refractivity contribution in [3.05, 3.63) is 38.9 Å². The molecule has 0 bridgehead atoms. The third kappa shape index (κ3) is 4.25. The molecule has 0 radical (unpaired) electrons. The normalized spacial score (nSPS) is 11.4. The fraction of sp³-hybridized carbons (Fsp3) is 0.400. The molecule has 0 saturated carbocycles. The summed E-state index contributed by atoms with van der Waals surface area (Å²) in [5.74, 6) is -0.489. The van der Waals surface area contributed by atoms with Crippen LogP contribution in [0.2, 0.25) is 5.02 Å². The van der Waals surface area contributed by atoms with E-state index in [1.165, 1.54) is 18.2 Å². The topological polar surface area (TPSA) is 103 Å². The Morgan fingerprint density at radius 1 is 1.39 bits per heavy atom. The van der Waals surface area contributed by atoms with E-state index < -0.39 is 20.5 Å². The van der Waals surface area contributed by atoms with Crippen LogP contribution in [0.25, 0.3) is 0 Å². The summed E-state index contributed by atoms with van der Waals surface area (Å²) < 4.78 is 23.4. The van der Waals surface area contributed by atoms with Gasteiger partial charge < -0.3 is 5.73 Å². The van der Waals surface area contributed by atoms with Gasteiger partial charge >= 0.3 is 0 Å². The van der Waals surface area contributed by atoms with Gasteiger partial charge in [-0.2, -0.15) is 0 Å². The van der Waals surface area contributed by atoms with Crippen molar-refractivity contribution in [1.29, 1.82) is 0 Å². The summed E-state index contributed by atoms with van der Waals surface area (Å²) >= 11 is 5.72. The molecule has 1 aromatic carbocycles. The molecule has 0 saturated heterocycles. The third-order valence-electron chi connectivity index (χ3n) is 2.27. The van der Waals surface area contributed by atoms with Crippen molar-refractivity contribution in [1.82, 2.24) is 0 Å². The Morgan fingerprint density at radius 2 is 2.06 bits per heavy atom. The lowest BCUT2D eigenvalue weighted by Crippen LogP contribution is -2.14. The lowest BCUT2D eigenvalue weighted by Gasteiger charge is -2.05. The quantitative estimate of drug-likeness (QED) is 0.632. The van der Waals surface area contributed by atoms with Gasteiger partial charge in [0, 0.05) is 16.7 Å². The largest absolute Gasteiger partial charge is 0.330 e. The molecule has 0 aliphatic rings. The highest BCUT2D eigenvalue weighted by molar-refractivity contribution is 7.90. The first-order valence-electron chi connectivity index (χ1n) is 5.19. The van der Waals surface area contributed by atoms with Crippen LogP contribution in [-0.2, 0) is 15.6 Å². The van der Waals surface area contributed by atoms with Crippen molar-refractivity contribution in [3.8, 4) is 0 Å². The second-order valence-corrected chi connectivity index (χ2v) is 6.38. The van der Waals surface area contributed by atoms with E-state index in [0.717, 1.165) is 0 Å². The van der Waals surface area contributed by atoms with E-state index in [9.17, 15) is 18.5 Å². The molecule has 0 aromatic heterocycles. The summed E-state index contributed by atoms with van der Waals surface area (Å²) in [5, 5.41) is 11.0. The van der Waals surface area contributed by atoms with E-state index in [4.69, 9.17) is 17.3 Å². The molecule has 8 heteroatoms. The Balaban J connectivity index is 3.02. The van der Waals surface area contributed by atoms with E-state index in [1.807, 2.05) is 0 Å². The van der Waals surface area contributed by atoms with Crippen molar-refractivity contribution in [2.75, 3.05) is 12.3 Å². The average molecular weight is 293 g/mol. The van der Waals surface area contributed by atoms with Gasteiger partial charge in [0.25, 0.3) is 5.69 Å². The molecule has 0 heterocycles. The molecular formula is C10H13ClN2O4S. The highest BCUT2D eigenvalue weighted by Gasteiger charge is 2.20. The maximum Gasteiger partial charge on any atom is 0.273 e. The number of halogens is 1. The number of hydrogen-bond donors (Lipinski definition) is 1. The molecule has 0 fully saturated rings. The Labute approximate surface area is 110 Å². The van der Waals surface area contributed by atoms with Crippen molar-refractivity contribution >= 4 is 27.1 Å². The molecule has 0 spiro atoms. The molecule has 0 aliphatic carbocycles. The van der Waals surface area contributed by atoms with Gasteiger partial charge in [0.1, 0.15) is 0 Å². The van der Waals surface area contributed by atoms with Gasteiger partial charge in [0.2, 0.25) is 0 Å². The lowest BCUT2D eigenvalue weighted by atomic mass is 10.2. The number of hydrogen-bond acceptors (Lipinski definition) is 5. The first kappa shape index (κ1) is 14.9. The van der Waals surface area contributed by atoms with E-state index in [-0.39, 0.29) is 28.6 Å². The maximum absolute atomic E-state index is 11.7. The van der Waals surface area contributed by atoms with Gasteiger partial charge in [0.15, 0.2) is 9.84 Å². The number of rotatable bonds is 6. The Bertz CT molecular complexity index is 545. The second-order valence-electron chi connectivity index (χ2n) is 3.76. The predicted octanol–water partition coefficient (Wildman–Crippen LogP) is 1.51. The van der Waals surface area contributed by atoms with E-state index in [2.05, 4.69) is 0 Å². The zero-order chi connectivity index (χ0) is 13.8. The zero-order valence-corrected chi connectivity index (χ0v) is 11.1. The van der Waals surface area contributed by atoms with E-state index in [0.29, 0.717) is 6.42 Å². The van der Waals surface area contributed by atoms with Crippen LogP contribution >= 0.6 is 11.6 Å². The average Bonchev–Trinajstić information content (AvgIpc) is 2.25. The van der Waals surface area contributed by atoms with Gasteiger partial charge in [-0.3, -0.25) is 10.1 Å². The van der Waals surface area contributed by atoms with Crippen LogP contribution in [0.15, 0.2) is 18.2 Å². The Morgan fingerprint density at radius 3 is 2.61 bits per heavy atom. The third-order valence-corrected chi connectivity index (χ3v) is 4.17. The first-order valence-corrected chi connectivity index (χ1v) is 7.39. The maximum atomic E-state index is 11.7. The molecule has 1 aromatic rings. The molecule has 100 valence electrons. The minimum atomic E-state index is -3.41. The minimum Gasteiger partial charge on any atom is -0.330 e. The van der Waals surface area contributed by atoms with Gasteiger partial charge in [0.05, 0.1) is 16.4 Å². The molecule has 1 rings (SSSR count). The van der Waals surface area contributed by atoms with Gasteiger partial charge in [-0.25, -0.2) is 8.42 Å². The monoisotopic (exact) mass is 292 g/mol. The number of sulfone groups is 1. The molecule has 6 nitrogen and oxygen atoms in total. The molecule has 2 N–H and O–H groups in total. The lowest BCUT2D eigenvalue weighted by molar-refractivity contribution is -0.385. The summed E-state index contributed by atoms with van der Waals surface area (Å²) in [6.45, 7) is 0.261. The second kappa shape index (κ2) is 6.12. The van der Waals surface area contributed by atoms with Crippen molar-refractivity contribution in [2.45, 2.75) is 12.2 Å². The van der Waals surface area contributed by atoms with Crippen LogP contribution in [0.3, 0.4) is 0 Å². The summed E-state index contributed by atoms with van der Waals surface area (Å²) in [5.41, 5.74) is 5.10. The summed E-state index contributed by atoms with van der Waals surface area (Å²) in [6, 6.07) is 3.87. The van der Waals surface area contributed by atoms with Gasteiger partial charge in [-0.1, -0.05) is 11.6 Å². The number of benzene rings is 1. The number of nitro benzene ring substituents is 1. The van der Waals surface area contributed by atoms with E-state index >= 15 is 0 Å². The van der Waals surface area contributed by atoms with Gasteiger partial charge in [-0.05, 0) is 25.1 Å². The van der Waals surface area contributed by atoms with E-state index in [1.54, 1.807) is 0 Å². The SMILES string of the molecule is NCCCS(=O)(=O)Cc1cc(Cl)ccc1[N+](=O)[O-]. The number of nitrogens with two attached hydrogens (primary N) is 1. The van der Waals surface area contributed by atoms with Crippen LogP contribution < -0.4 is 5.73 Å². The Kier molecular flexibility index (Phi) is 5.06. The molecular weight excluding hydrogens is 280 g/mol. The molecule has 18 heavy (non-hydrogen) atoms.